The number of aromatic amines is 1. The smallest absolute Gasteiger partial charge is 0.243 e. The van der Waals surface area contributed by atoms with Crippen molar-refractivity contribution >= 4 is 40.4 Å². The fourth-order valence-corrected chi connectivity index (χ4v) is 6.36. The first-order valence-electron chi connectivity index (χ1n) is 15.8. The van der Waals surface area contributed by atoms with E-state index in [-0.39, 0.29) is 35.7 Å². The van der Waals surface area contributed by atoms with Crippen LogP contribution in [0.15, 0.2) is 42.5 Å². The van der Waals surface area contributed by atoms with Crippen LogP contribution in [0.2, 0.25) is 5.02 Å². The monoisotopic (exact) mass is 637 g/mol. The Morgan fingerprint density at radius 3 is 2.33 bits per heavy atom. The maximum absolute atomic E-state index is 14.0. The lowest BCUT2D eigenvalue weighted by Crippen LogP contribution is -2.58. The van der Waals surface area contributed by atoms with Crippen LogP contribution < -0.4 is 16.0 Å². The summed E-state index contributed by atoms with van der Waals surface area (Å²) in [6.45, 7) is 14.0. The number of amides is 3. The van der Waals surface area contributed by atoms with E-state index in [0.29, 0.717) is 34.9 Å². The van der Waals surface area contributed by atoms with Crippen molar-refractivity contribution in [2.45, 2.75) is 91.1 Å². The van der Waals surface area contributed by atoms with Gasteiger partial charge in [-0.05, 0) is 66.8 Å². The molecule has 10 heteroatoms. The molecule has 1 aromatic heterocycles. The van der Waals surface area contributed by atoms with Crippen LogP contribution in [-0.4, -0.2) is 54.0 Å². The molecular formula is C35H48ClN5O4. The van der Waals surface area contributed by atoms with E-state index in [4.69, 9.17) is 21.3 Å². The Kier molecular flexibility index (Phi) is 10.3. The quantitative estimate of drug-likeness (QED) is 0.185. The van der Waals surface area contributed by atoms with Gasteiger partial charge in [-0.3, -0.25) is 14.4 Å². The number of nitrogens with one attached hydrogen (secondary N) is 4. The minimum Gasteiger partial charge on any atom is -0.383 e. The molecule has 4 N–H and O–H groups in total. The number of halogens is 1. The third-order valence-corrected chi connectivity index (χ3v) is 9.47. The Bertz CT molecular complexity index is 1540. The lowest BCUT2D eigenvalue weighted by Gasteiger charge is -2.35. The lowest BCUT2D eigenvalue weighted by atomic mass is 9.78. The third-order valence-electron chi connectivity index (χ3n) is 9.12. The average molecular weight is 638 g/mol. The minimum absolute atomic E-state index is 0.0520. The first-order chi connectivity index (χ1) is 21.2. The molecule has 0 saturated heterocycles. The van der Waals surface area contributed by atoms with Crippen LogP contribution in [0.5, 0.6) is 0 Å². The number of hydrogen-bond donors (Lipinski definition) is 4. The summed E-state index contributed by atoms with van der Waals surface area (Å²) in [5.41, 5.74) is 1.44. The number of benzene rings is 2. The summed E-state index contributed by atoms with van der Waals surface area (Å²) in [6.07, 6.45) is 2.37. The molecule has 4 rings (SSSR count). The molecule has 45 heavy (non-hydrogen) atoms. The second-order valence-electron chi connectivity index (χ2n) is 13.8. The number of carbonyl (C=O) groups is 3. The number of likely N-dealkylation sites (N-methyl/N-ethyl adjacent to an activating group) is 1. The topological polar surface area (TPSA) is 125 Å². The molecule has 0 radical (unpaired) electrons. The highest BCUT2D eigenvalue weighted by Gasteiger charge is 2.51. The van der Waals surface area contributed by atoms with Gasteiger partial charge in [-0.2, -0.15) is 0 Å². The first kappa shape index (κ1) is 34.4. The minimum atomic E-state index is -1.11. The zero-order chi connectivity index (χ0) is 33.2. The van der Waals surface area contributed by atoms with E-state index in [9.17, 15) is 14.4 Å². The van der Waals surface area contributed by atoms with Gasteiger partial charge in [0.25, 0.3) is 0 Å². The van der Waals surface area contributed by atoms with Gasteiger partial charge in [-0.1, -0.05) is 70.5 Å². The maximum Gasteiger partial charge on any atom is 0.243 e. The van der Waals surface area contributed by atoms with Crippen LogP contribution in [0.4, 0.5) is 0 Å². The molecule has 3 aromatic rings. The van der Waals surface area contributed by atoms with Crippen molar-refractivity contribution in [3.8, 4) is 0 Å². The molecule has 2 aromatic carbocycles. The Labute approximate surface area is 271 Å². The molecule has 1 unspecified atom stereocenters. The van der Waals surface area contributed by atoms with Gasteiger partial charge < -0.3 is 25.7 Å². The van der Waals surface area contributed by atoms with Gasteiger partial charge in [0, 0.05) is 31.0 Å². The zero-order valence-electron chi connectivity index (χ0n) is 27.8. The van der Waals surface area contributed by atoms with Gasteiger partial charge in [0.2, 0.25) is 17.7 Å². The fraction of sp³-hybridized carbons (Fsp3) is 0.543. The summed E-state index contributed by atoms with van der Waals surface area (Å²) in [7, 11) is 1.55. The highest BCUT2D eigenvalue weighted by atomic mass is 35.5. The largest absolute Gasteiger partial charge is 0.383 e. The van der Waals surface area contributed by atoms with Crippen molar-refractivity contribution in [1.82, 2.24) is 25.9 Å². The van der Waals surface area contributed by atoms with Gasteiger partial charge in [0.05, 0.1) is 29.1 Å². The van der Waals surface area contributed by atoms with Crippen LogP contribution in [0.1, 0.15) is 96.6 Å². The molecule has 1 aliphatic rings. The van der Waals surface area contributed by atoms with Gasteiger partial charge in [0.1, 0.15) is 11.9 Å². The Balaban J connectivity index is 1.76. The van der Waals surface area contributed by atoms with Gasteiger partial charge >= 0.3 is 0 Å². The number of H-pyrrole nitrogens is 1. The SMILES string of the molecule is CCNC(=O)[C@H](NC(=O)C(C)(COC)c1ccc2nc([C@@H](NC(=O)CC)[C@H](c3ccccc3Cl)C3(C)CC3)[nH]c2c1)C(C)(C)C. The van der Waals surface area contributed by atoms with Crippen molar-refractivity contribution in [3.63, 3.8) is 0 Å². The molecule has 0 aliphatic heterocycles. The summed E-state index contributed by atoms with van der Waals surface area (Å²) in [6, 6.07) is 12.3. The number of fused-ring (bicyclic) bond motifs is 1. The molecule has 1 saturated carbocycles. The Morgan fingerprint density at radius 2 is 1.76 bits per heavy atom. The van der Waals surface area contributed by atoms with Gasteiger partial charge in [-0.25, -0.2) is 4.98 Å². The molecule has 1 heterocycles. The second kappa shape index (κ2) is 13.5. The van der Waals surface area contributed by atoms with Crippen molar-refractivity contribution < 1.29 is 19.1 Å². The number of rotatable bonds is 13. The third kappa shape index (κ3) is 7.36. The van der Waals surface area contributed by atoms with E-state index in [1.165, 1.54) is 0 Å². The van der Waals surface area contributed by atoms with E-state index >= 15 is 0 Å². The molecule has 1 aliphatic carbocycles. The number of methoxy groups -OCH3 is 1. The van der Waals surface area contributed by atoms with Crippen LogP contribution in [0, 0.1) is 10.8 Å². The highest BCUT2D eigenvalue weighted by molar-refractivity contribution is 6.31. The normalized spacial score (nSPS) is 17.5. The summed E-state index contributed by atoms with van der Waals surface area (Å²) >= 11 is 6.75. The van der Waals surface area contributed by atoms with Crippen LogP contribution in [0.25, 0.3) is 11.0 Å². The first-order valence-corrected chi connectivity index (χ1v) is 16.2. The summed E-state index contributed by atoms with van der Waals surface area (Å²) in [5.74, 6) is -0.0985. The van der Waals surface area contributed by atoms with Crippen LogP contribution in [-0.2, 0) is 24.5 Å². The summed E-state index contributed by atoms with van der Waals surface area (Å²) in [4.78, 5) is 48.2. The summed E-state index contributed by atoms with van der Waals surface area (Å²) < 4.78 is 5.56. The van der Waals surface area contributed by atoms with Crippen LogP contribution in [0.3, 0.4) is 0 Å². The molecule has 4 atom stereocenters. The van der Waals surface area contributed by atoms with E-state index < -0.39 is 22.9 Å². The van der Waals surface area contributed by atoms with Gasteiger partial charge in [0.15, 0.2) is 0 Å². The van der Waals surface area contributed by atoms with Crippen molar-refractivity contribution in [2.75, 3.05) is 20.3 Å². The number of ether oxygens (including phenoxy) is 1. The lowest BCUT2D eigenvalue weighted by molar-refractivity contribution is -0.135. The van der Waals surface area contributed by atoms with E-state index in [0.717, 1.165) is 23.9 Å². The molecule has 0 spiro atoms. The Morgan fingerprint density at radius 1 is 1.07 bits per heavy atom. The molecule has 244 valence electrons. The second-order valence-corrected chi connectivity index (χ2v) is 14.2. The standard InChI is InChI=1S/C35H48ClN5O4/c1-9-26(42)40-28(27(34(6)17-18-34)22-13-11-12-14-23(22)36)30-38-24-16-15-21(19-25(24)39-30)35(7,20-45-8)32(44)41-29(33(3,4)5)31(43)37-10-2/h11-16,19,27-29H,9-10,17-18,20H2,1-8H3,(H,37,43)(H,38,39)(H,40,42)(H,41,44)/t27-,28-,29-,35?/m0/s1. The van der Waals surface area contributed by atoms with Crippen molar-refractivity contribution in [3.05, 3.63) is 64.4 Å². The predicted molar refractivity (Wildman–Crippen MR) is 178 cm³/mol. The molecular weight excluding hydrogens is 590 g/mol. The van der Waals surface area contributed by atoms with Crippen LogP contribution >= 0.6 is 11.6 Å². The van der Waals surface area contributed by atoms with E-state index in [2.05, 4.69) is 27.9 Å². The predicted octanol–water partition coefficient (Wildman–Crippen LogP) is 5.94. The molecule has 3 amide bonds. The number of carbonyl (C=O) groups excluding carboxylic acids is 3. The fourth-order valence-electron chi connectivity index (χ4n) is 6.11. The number of aromatic nitrogens is 2. The maximum atomic E-state index is 14.0. The molecule has 1 fully saturated rings. The molecule has 0 bridgehead atoms. The van der Waals surface area contributed by atoms with E-state index in [1.807, 2.05) is 84.0 Å². The number of hydrogen-bond acceptors (Lipinski definition) is 5. The van der Waals surface area contributed by atoms with E-state index in [1.54, 1.807) is 7.11 Å². The molecule has 9 nitrogen and oxygen atoms in total. The summed E-state index contributed by atoms with van der Waals surface area (Å²) in [5, 5.41) is 9.75. The highest BCUT2D eigenvalue weighted by Crippen LogP contribution is 2.60. The Hall–Kier alpha value is -3.43. The number of imidazole rings is 1. The van der Waals surface area contributed by atoms with Crippen molar-refractivity contribution in [1.29, 1.82) is 0 Å². The average Bonchev–Trinajstić information content (AvgIpc) is 3.58. The number of nitrogens with zero attached hydrogens (tertiary/aromatic N) is 1. The zero-order valence-corrected chi connectivity index (χ0v) is 28.5. The van der Waals surface area contributed by atoms with Gasteiger partial charge in [-0.15, -0.1) is 0 Å². The van der Waals surface area contributed by atoms with Crippen molar-refractivity contribution in [2.24, 2.45) is 10.8 Å².